The normalized spacial score (nSPS) is 15.5. The molecule has 0 bridgehead atoms. The van der Waals surface area contributed by atoms with Gasteiger partial charge in [0.05, 0.1) is 22.7 Å². The molecule has 11 nitrogen and oxygen atoms in total. The van der Waals surface area contributed by atoms with Crippen LogP contribution in [-0.4, -0.2) is 46.1 Å². The Bertz CT molecular complexity index is 1720. The second kappa shape index (κ2) is 10.8. The number of carbonyl (C=O) groups is 2. The van der Waals surface area contributed by atoms with E-state index in [1.165, 1.54) is 35.5 Å². The molecule has 1 atom stereocenters. The van der Waals surface area contributed by atoms with Crippen LogP contribution >= 0.6 is 0 Å². The molecule has 5 rings (SSSR count). The van der Waals surface area contributed by atoms with Gasteiger partial charge in [0.1, 0.15) is 5.52 Å². The van der Waals surface area contributed by atoms with Crippen molar-refractivity contribution in [1.29, 1.82) is 0 Å². The van der Waals surface area contributed by atoms with Crippen LogP contribution in [0.15, 0.2) is 82.5 Å². The summed E-state index contributed by atoms with van der Waals surface area (Å²) < 4.78 is 35.0. The minimum Gasteiger partial charge on any atom is -0.442 e. The van der Waals surface area contributed by atoms with Crippen LogP contribution < -0.4 is 10.9 Å². The van der Waals surface area contributed by atoms with Crippen molar-refractivity contribution in [2.24, 2.45) is 0 Å². The number of ether oxygens (including phenoxy) is 1. The summed E-state index contributed by atoms with van der Waals surface area (Å²) in [7, 11) is -4.01. The summed E-state index contributed by atoms with van der Waals surface area (Å²) in [5, 5.41) is 10.7. The number of rotatable bonds is 7. The fourth-order valence-corrected chi connectivity index (χ4v) is 6.24. The predicted molar refractivity (Wildman–Crippen MR) is 142 cm³/mol. The molecule has 1 unspecified atom stereocenters. The lowest BCUT2D eigenvalue weighted by atomic mass is 9.92. The molecular weight excluding hydrogens is 522 g/mol. The monoisotopic (exact) mass is 547 g/mol. The smallest absolute Gasteiger partial charge is 0.309 e. The van der Waals surface area contributed by atoms with Crippen LogP contribution in [0.2, 0.25) is 0 Å². The maximum atomic E-state index is 13.7. The summed E-state index contributed by atoms with van der Waals surface area (Å²) >= 11 is 0. The molecule has 39 heavy (non-hydrogen) atoms. The first-order valence-electron chi connectivity index (χ1n) is 12.2. The van der Waals surface area contributed by atoms with Crippen molar-refractivity contribution < 1.29 is 22.7 Å². The van der Waals surface area contributed by atoms with E-state index in [0.717, 1.165) is 10.2 Å². The number of amides is 1. The van der Waals surface area contributed by atoms with Gasteiger partial charge in [-0.25, -0.2) is 8.42 Å². The number of nitrogens with one attached hydrogen (secondary N) is 1. The third kappa shape index (κ3) is 5.42. The molecule has 0 aliphatic carbocycles. The first kappa shape index (κ1) is 26.2. The molecule has 0 radical (unpaired) electrons. The number of benzene rings is 3. The Hall–Kier alpha value is -4.42. The number of anilines is 1. The predicted octanol–water partition coefficient (Wildman–Crippen LogP) is 2.63. The standard InChI is InChI=1S/C27H25N5O6S/c1-18(33)28-20-10-12-21(13-11-20)39(36,37)32-15-14-19-6-2-3-7-22(19)25(32)16-26(34)38-17-31-27(35)23-8-4-5-9-24(23)29-30-31/h2-13,25H,14-17H2,1H3,(H,28,33). The first-order valence-corrected chi connectivity index (χ1v) is 13.6. The molecular formula is C27H25N5O6S. The quantitative estimate of drug-likeness (QED) is 0.348. The fraction of sp³-hybridized carbons (Fsp3) is 0.222. The molecule has 0 spiro atoms. The number of aromatic nitrogens is 3. The zero-order valence-electron chi connectivity index (χ0n) is 21.0. The molecule has 0 saturated carbocycles. The van der Waals surface area contributed by atoms with Crippen LogP contribution in [0.4, 0.5) is 5.69 Å². The Labute approximate surface area is 224 Å². The largest absolute Gasteiger partial charge is 0.442 e. The number of hydrogen-bond donors (Lipinski definition) is 1. The summed E-state index contributed by atoms with van der Waals surface area (Å²) in [6.45, 7) is 1.07. The molecule has 200 valence electrons. The molecule has 1 amide bonds. The highest BCUT2D eigenvalue weighted by molar-refractivity contribution is 7.89. The molecule has 0 fully saturated rings. The molecule has 1 aliphatic heterocycles. The lowest BCUT2D eigenvalue weighted by Gasteiger charge is -2.36. The van der Waals surface area contributed by atoms with Crippen LogP contribution in [0.25, 0.3) is 10.9 Å². The van der Waals surface area contributed by atoms with E-state index in [0.29, 0.717) is 28.6 Å². The topological polar surface area (TPSA) is 141 Å². The van der Waals surface area contributed by atoms with Gasteiger partial charge in [-0.05, 0) is 53.9 Å². The van der Waals surface area contributed by atoms with Crippen molar-refractivity contribution in [3.8, 4) is 0 Å². The van der Waals surface area contributed by atoms with E-state index in [1.54, 1.807) is 36.4 Å². The summed E-state index contributed by atoms with van der Waals surface area (Å²) in [4.78, 5) is 37.0. The van der Waals surface area contributed by atoms with Gasteiger partial charge in [0.25, 0.3) is 5.56 Å². The number of hydrogen-bond acceptors (Lipinski definition) is 8. The van der Waals surface area contributed by atoms with E-state index >= 15 is 0 Å². The molecule has 2 heterocycles. The third-order valence-corrected chi connectivity index (χ3v) is 8.40. The summed E-state index contributed by atoms with van der Waals surface area (Å²) in [6.07, 6.45) is 0.211. The fourth-order valence-electron chi connectivity index (χ4n) is 4.63. The van der Waals surface area contributed by atoms with Gasteiger partial charge in [0.2, 0.25) is 15.9 Å². The average molecular weight is 548 g/mol. The summed E-state index contributed by atoms with van der Waals surface area (Å²) in [5.41, 5.74) is 2.09. The third-order valence-electron chi connectivity index (χ3n) is 6.48. The maximum Gasteiger partial charge on any atom is 0.309 e. The van der Waals surface area contributed by atoms with Crippen molar-refractivity contribution in [3.05, 3.63) is 94.3 Å². The second-order valence-electron chi connectivity index (χ2n) is 9.05. The Morgan fingerprint density at radius 1 is 1.03 bits per heavy atom. The summed E-state index contributed by atoms with van der Waals surface area (Å²) in [5.74, 6) is -0.964. The highest BCUT2D eigenvalue weighted by atomic mass is 32.2. The van der Waals surface area contributed by atoms with Gasteiger partial charge in [0.15, 0.2) is 6.73 Å². The zero-order chi connectivity index (χ0) is 27.6. The van der Waals surface area contributed by atoms with Gasteiger partial charge in [-0.1, -0.05) is 41.6 Å². The molecule has 12 heteroatoms. The van der Waals surface area contributed by atoms with Crippen molar-refractivity contribution in [2.75, 3.05) is 11.9 Å². The SMILES string of the molecule is CC(=O)Nc1ccc(S(=O)(=O)N2CCc3ccccc3C2CC(=O)OCn2nnc3ccccc3c2=O)cc1. The highest BCUT2D eigenvalue weighted by Gasteiger charge is 2.38. The van der Waals surface area contributed by atoms with Crippen molar-refractivity contribution in [3.63, 3.8) is 0 Å². The van der Waals surface area contributed by atoms with E-state index in [1.807, 2.05) is 12.1 Å². The lowest BCUT2D eigenvalue weighted by Crippen LogP contribution is -2.41. The highest BCUT2D eigenvalue weighted by Crippen LogP contribution is 2.36. The molecule has 1 N–H and O–H groups in total. The number of esters is 1. The Morgan fingerprint density at radius 3 is 2.51 bits per heavy atom. The van der Waals surface area contributed by atoms with Crippen molar-refractivity contribution in [2.45, 2.75) is 37.4 Å². The molecule has 1 aliphatic rings. The van der Waals surface area contributed by atoms with E-state index in [4.69, 9.17) is 4.74 Å². The van der Waals surface area contributed by atoms with Gasteiger partial charge in [-0.15, -0.1) is 5.10 Å². The van der Waals surface area contributed by atoms with Crippen LogP contribution in [-0.2, 0) is 37.5 Å². The van der Waals surface area contributed by atoms with Crippen molar-refractivity contribution in [1.82, 2.24) is 19.3 Å². The van der Waals surface area contributed by atoms with Crippen LogP contribution in [0.3, 0.4) is 0 Å². The maximum absolute atomic E-state index is 13.7. The van der Waals surface area contributed by atoms with Crippen LogP contribution in [0.5, 0.6) is 0 Å². The summed E-state index contributed by atoms with van der Waals surface area (Å²) in [6, 6.07) is 19.1. The second-order valence-corrected chi connectivity index (χ2v) is 10.9. The zero-order valence-corrected chi connectivity index (χ0v) is 21.8. The van der Waals surface area contributed by atoms with E-state index < -0.39 is 34.3 Å². The van der Waals surface area contributed by atoms with Crippen molar-refractivity contribution >= 4 is 38.5 Å². The Morgan fingerprint density at radius 2 is 1.74 bits per heavy atom. The van der Waals surface area contributed by atoms with Gasteiger partial charge < -0.3 is 10.1 Å². The number of carbonyl (C=O) groups excluding carboxylic acids is 2. The first-order chi connectivity index (χ1) is 18.7. The van der Waals surface area contributed by atoms with Gasteiger partial charge in [0, 0.05) is 19.2 Å². The van der Waals surface area contributed by atoms with E-state index in [2.05, 4.69) is 15.6 Å². The number of sulfonamides is 1. The Kier molecular flexibility index (Phi) is 7.22. The molecule has 1 aromatic heterocycles. The van der Waals surface area contributed by atoms with Gasteiger partial charge in [-0.2, -0.15) is 8.99 Å². The average Bonchev–Trinajstić information content (AvgIpc) is 2.93. The van der Waals surface area contributed by atoms with E-state index in [-0.39, 0.29) is 23.8 Å². The van der Waals surface area contributed by atoms with Gasteiger partial charge >= 0.3 is 5.97 Å². The van der Waals surface area contributed by atoms with Gasteiger partial charge in [-0.3, -0.25) is 14.4 Å². The molecule has 0 saturated heterocycles. The van der Waals surface area contributed by atoms with E-state index in [9.17, 15) is 22.8 Å². The number of fused-ring (bicyclic) bond motifs is 2. The number of nitrogens with zero attached hydrogens (tertiary/aromatic N) is 4. The van der Waals surface area contributed by atoms with Crippen LogP contribution in [0, 0.1) is 0 Å². The Balaban J connectivity index is 1.38. The minimum absolute atomic E-state index is 0.0346. The molecule has 3 aromatic carbocycles. The lowest BCUT2D eigenvalue weighted by molar-refractivity contribution is -0.149. The minimum atomic E-state index is -4.01. The van der Waals surface area contributed by atoms with Crippen LogP contribution in [0.1, 0.15) is 30.5 Å². The molecule has 4 aromatic rings.